The summed E-state index contributed by atoms with van der Waals surface area (Å²) >= 11 is 5.91. The van der Waals surface area contributed by atoms with Crippen LogP contribution < -0.4 is 5.32 Å². The molecule has 2 heterocycles. The molecule has 0 spiro atoms. The first-order chi connectivity index (χ1) is 14.4. The lowest BCUT2D eigenvalue weighted by Gasteiger charge is -2.34. The summed E-state index contributed by atoms with van der Waals surface area (Å²) in [5.74, 6) is -4.35. The van der Waals surface area contributed by atoms with Gasteiger partial charge >= 0.3 is 6.18 Å². The van der Waals surface area contributed by atoms with E-state index in [1.165, 1.54) is 36.0 Å². The molecule has 12 heteroatoms. The molecule has 0 saturated carbocycles. The fourth-order valence-corrected chi connectivity index (χ4v) is 3.30. The predicted octanol–water partition coefficient (Wildman–Crippen LogP) is 2.57. The highest BCUT2D eigenvalue weighted by Gasteiger charge is 2.42. The zero-order valence-corrected chi connectivity index (χ0v) is 17.0. The third kappa shape index (κ3) is 4.41. The van der Waals surface area contributed by atoms with E-state index < -0.39 is 41.1 Å². The van der Waals surface area contributed by atoms with E-state index in [0.717, 1.165) is 6.07 Å². The number of aromatic nitrogens is 1. The largest absolute Gasteiger partial charge is 0.506 e. The van der Waals surface area contributed by atoms with Gasteiger partial charge in [0.05, 0.1) is 28.6 Å². The Bertz CT molecular complexity index is 1060. The molecule has 2 N–H and O–H groups in total. The number of alkyl halides is 3. The molecule has 1 aromatic carbocycles. The zero-order valence-electron chi connectivity index (χ0n) is 16.2. The highest BCUT2D eigenvalue weighted by atomic mass is 35.5. The molecule has 0 unspecified atom stereocenters. The minimum Gasteiger partial charge on any atom is -0.506 e. The molecule has 0 aliphatic carbocycles. The summed E-state index contributed by atoms with van der Waals surface area (Å²) in [5, 5.41) is 12.3. The molecule has 1 saturated heterocycles. The molecule has 0 radical (unpaired) electrons. The van der Waals surface area contributed by atoms with Crippen molar-refractivity contribution in [1.82, 2.24) is 14.8 Å². The maximum atomic E-state index is 12.8. The van der Waals surface area contributed by atoms with Crippen LogP contribution in [0.2, 0.25) is 5.02 Å². The van der Waals surface area contributed by atoms with E-state index >= 15 is 0 Å². The van der Waals surface area contributed by atoms with E-state index in [1.807, 2.05) is 0 Å². The number of nitrogens with one attached hydrogen (secondary N) is 1. The Morgan fingerprint density at radius 3 is 2.32 bits per heavy atom. The van der Waals surface area contributed by atoms with Crippen LogP contribution in [0.3, 0.4) is 0 Å². The number of carbonyl (C=O) groups excluding carboxylic acids is 3. The molecule has 8 nitrogen and oxygen atoms in total. The summed E-state index contributed by atoms with van der Waals surface area (Å²) in [4.78, 5) is 43.1. The number of anilines is 1. The molecule has 1 aliphatic rings. The number of hydrogen-bond donors (Lipinski definition) is 2. The van der Waals surface area contributed by atoms with Crippen LogP contribution in [0.15, 0.2) is 30.5 Å². The first-order valence-electron chi connectivity index (χ1n) is 8.77. The van der Waals surface area contributed by atoms with Crippen molar-refractivity contribution < 1.29 is 32.7 Å². The summed E-state index contributed by atoms with van der Waals surface area (Å²) in [6.07, 6.45) is -4.00. The number of benzene rings is 1. The van der Waals surface area contributed by atoms with Crippen LogP contribution in [0.5, 0.6) is 5.75 Å². The molecule has 31 heavy (non-hydrogen) atoms. The van der Waals surface area contributed by atoms with Crippen molar-refractivity contribution >= 4 is 35.0 Å². The summed E-state index contributed by atoms with van der Waals surface area (Å²) in [6, 6.07) is 4.47. The number of carbonyl (C=O) groups is 3. The number of pyridine rings is 1. The van der Waals surface area contributed by atoms with Crippen LogP contribution in [-0.2, 0) is 20.6 Å². The molecule has 2 aromatic rings. The number of rotatable bonds is 3. The molecule has 164 valence electrons. The second kappa shape index (κ2) is 8.06. The van der Waals surface area contributed by atoms with Crippen LogP contribution in [0.4, 0.5) is 18.9 Å². The lowest BCUT2D eigenvalue weighted by atomic mass is 10.0. The predicted molar refractivity (Wildman–Crippen MR) is 104 cm³/mol. The molecule has 3 rings (SSSR count). The molecular formula is C19H16ClF3N4O4. The van der Waals surface area contributed by atoms with Crippen molar-refractivity contribution in [3.05, 3.63) is 41.0 Å². The van der Waals surface area contributed by atoms with E-state index in [4.69, 9.17) is 11.6 Å². The van der Waals surface area contributed by atoms with Crippen molar-refractivity contribution in [2.75, 3.05) is 26.1 Å². The zero-order chi connectivity index (χ0) is 23.1. The van der Waals surface area contributed by atoms with Gasteiger partial charge in [0.1, 0.15) is 5.75 Å². The number of phenols is 1. The Balaban J connectivity index is 1.84. The molecule has 1 aromatic heterocycles. The van der Waals surface area contributed by atoms with Gasteiger partial charge in [0.25, 0.3) is 0 Å². The van der Waals surface area contributed by atoms with E-state index in [9.17, 15) is 32.7 Å². The van der Waals surface area contributed by atoms with Gasteiger partial charge in [-0.25, -0.2) is 0 Å². The van der Waals surface area contributed by atoms with Gasteiger partial charge < -0.3 is 20.2 Å². The van der Waals surface area contributed by atoms with Gasteiger partial charge in [-0.3, -0.25) is 19.4 Å². The van der Waals surface area contributed by atoms with E-state index in [-0.39, 0.29) is 28.6 Å². The number of aromatic hydroxyl groups is 1. The van der Waals surface area contributed by atoms with Crippen LogP contribution in [0.25, 0.3) is 11.3 Å². The first kappa shape index (κ1) is 22.3. The van der Waals surface area contributed by atoms with Crippen LogP contribution in [0.1, 0.15) is 5.56 Å². The van der Waals surface area contributed by atoms with Gasteiger partial charge in [0, 0.05) is 25.9 Å². The molecule has 1 aliphatic heterocycles. The first-order valence-corrected chi connectivity index (χ1v) is 9.15. The van der Waals surface area contributed by atoms with Crippen LogP contribution in [-0.4, -0.2) is 58.4 Å². The van der Waals surface area contributed by atoms with Gasteiger partial charge in [0.2, 0.25) is 17.7 Å². The lowest BCUT2D eigenvalue weighted by molar-refractivity contribution is -0.158. The summed E-state index contributed by atoms with van der Waals surface area (Å²) in [5.41, 5.74) is -0.943. The van der Waals surface area contributed by atoms with E-state index in [1.54, 1.807) is 0 Å². The van der Waals surface area contributed by atoms with Gasteiger partial charge in [-0.15, -0.1) is 0 Å². The number of phenolic OH excluding ortho intramolecular Hbond substituents is 1. The minimum absolute atomic E-state index is 0.0104. The van der Waals surface area contributed by atoms with Crippen LogP contribution >= 0.6 is 11.6 Å². The Morgan fingerprint density at radius 1 is 1.19 bits per heavy atom. The smallest absolute Gasteiger partial charge is 0.417 e. The van der Waals surface area contributed by atoms with E-state index in [0.29, 0.717) is 12.3 Å². The fraction of sp³-hybridized carbons (Fsp3) is 0.263. The highest BCUT2D eigenvalue weighted by Crippen LogP contribution is 2.36. The SMILES string of the molecule is CN1CN(C)C(=O)C(C(=O)Nc2ccc(-c3ncc(C(F)(F)F)cc3Cl)cc2O)C1=O. The number of nitrogens with zero attached hydrogens (tertiary/aromatic N) is 3. The van der Waals surface area contributed by atoms with Crippen LogP contribution in [0, 0.1) is 5.92 Å². The topological polar surface area (TPSA) is 103 Å². The van der Waals surface area contributed by atoms with Crippen molar-refractivity contribution in [1.29, 1.82) is 0 Å². The maximum Gasteiger partial charge on any atom is 0.417 e. The molecule has 1 fully saturated rings. The normalized spacial score (nSPS) is 15.4. The Morgan fingerprint density at radius 2 is 1.81 bits per heavy atom. The molecule has 0 atom stereocenters. The van der Waals surface area contributed by atoms with Crippen molar-refractivity contribution in [2.45, 2.75) is 6.18 Å². The molecule has 0 bridgehead atoms. The monoisotopic (exact) mass is 456 g/mol. The second-order valence-electron chi connectivity index (χ2n) is 6.92. The minimum atomic E-state index is -4.61. The standard InChI is InChI=1S/C19H16ClF3N4O4/c1-26-8-27(2)18(31)14(17(26)30)16(29)25-12-4-3-9(5-13(12)28)15-11(20)6-10(7-24-15)19(21,22)23/h3-7,14,28H,8H2,1-2H3,(H,25,29). The van der Waals surface area contributed by atoms with Crippen molar-refractivity contribution in [3.8, 4) is 17.0 Å². The van der Waals surface area contributed by atoms with Gasteiger partial charge in [0.15, 0.2) is 5.92 Å². The Labute approximate surface area is 179 Å². The Kier molecular flexibility index (Phi) is 5.81. The van der Waals surface area contributed by atoms with Gasteiger partial charge in [-0.05, 0) is 18.2 Å². The summed E-state index contributed by atoms with van der Waals surface area (Å²) < 4.78 is 38.3. The number of halogens is 4. The number of amides is 3. The quantitative estimate of drug-likeness (QED) is 0.546. The van der Waals surface area contributed by atoms with Gasteiger partial charge in [-0.2, -0.15) is 13.2 Å². The summed E-state index contributed by atoms with van der Waals surface area (Å²) in [7, 11) is 2.89. The fourth-order valence-electron chi connectivity index (χ4n) is 3.02. The lowest BCUT2D eigenvalue weighted by Crippen LogP contribution is -2.57. The number of hydrogen-bond acceptors (Lipinski definition) is 5. The van der Waals surface area contributed by atoms with Gasteiger partial charge in [-0.1, -0.05) is 17.7 Å². The summed E-state index contributed by atoms with van der Waals surface area (Å²) in [6.45, 7) is 0.0439. The third-order valence-corrected chi connectivity index (χ3v) is 4.92. The highest BCUT2D eigenvalue weighted by molar-refractivity contribution is 6.33. The molecular weight excluding hydrogens is 441 g/mol. The second-order valence-corrected chi connectivity index (χ2v) is 7.33. The maximum absolute atomic E-state index is 12.8. The average Bonchev–Trinajstić information content (AvgIpc) is 2.67. The van der Waals surface area contributed by atoms with E-state index in [2.05, 4.69) is 10.3 Å². The van der Waals surface area contributed by atoms with Crippen molar-refractivity contribution in [2.24, 2.45) is 5.92 Å². The molecule has 3 amide bonds. The van der Waals surface area contributed by atoms with Crippen molar-refractivity contribution in [3.63, 3.8) is 0 Å². The third-order valence-electron chi connectivity index (χ3n) is 4.63. The average molecular weight is 457 g/mol. The Hall–Kier alpha value is -3.34.